The summed E-state index contributed by atoms with van der Waals surface area (Å²) in [5.41, 5.74) is 3.97. The van der Waals surface area contributed by atoms with Crippen LogP contribution in [0.5, 0.6) is 5.75 Å². The van der Waals surface area contributed by atoms with Crippen molar-refractivity contribution in [3.8, 4) is 17.1 Å². The summed E-state index contributed by atoms with van der Waals surface area (Å²) < 4.78 is 7.02. The van der Waals surface area contributed by atoms with Crippen LogP contribution < -0.4 is 9.64 Å². The monoisotopic (exact) mass is 487 g/mol. The summed E-state index contributed by atoms with van der Waals surface area (Å²) in [6.07, 6.45) is 0. The number of pyridine rings is 1. The highest BCUT2D eigenvalue weighted by Crippen LogP contribution is 2.31. The second-order valence-corrected chi connectivity index (χ2v) is 9.06. The zero-order valence-electron chi connectivity index (χ0n) is 19.2. The van der Waals surface area contributed by atoms with E-state index in [9.17, 15) is 4.79 Å². The van der Waals surface area contributed by atoms with Crippen LogP contribution in [0.25, 0.3) is 11.4 Å². The number of anilines is 1. The molecule has 1 aliphatic heterocycles. The van der Waals surface area contributed by atoms with E-state index in [-0.39, 0.29) is 18.5 Å². The van der Waals surface area contributed by atoms with Gasteiger partial charge in [-0.25, -0.2) is 0 Å². The highest BCUT2D eigenvalue weighted by molar-refractivity contribution is 6.33. The molecule has 0 saturated carbocycles. The molecule has 4 rings (SSSR count). The molecule has 0 N–H and O–H groups in total. The molecule has 3 heterocycles. The lowest BCUT2D eigenvalue weighted by atomic mass is 10.1. The molecular weight excluding hydrogens is 461 g/mol. The minimum Gasteiger partial charge on any atom is -0.495 e. The van der Waals surface area contributed by atoms with E-state index >= 15 is 0 Å². The molecule has 33 heavy (non-hydrogen) atoms. The van der Waals surface area contributed by atoms with Crippen molar-refractivity contribution in [2.24, 2.45) is 0 Å². The highest BCUT2D eigenvalue weighted by atomic mass is 35.5. The first-order valence-electron chi connectivity index (χ1n) is 10.8. The van der Waals surface area contributed by atoms with E-state index < -0.39 is 0 Å². The molecule has 0 unspecified atom stereocenters. The first-order chi connectivity index (χ1) is 15.8. The number of benzene rings is 1. The number of carbonyl (C=O) groups is 1. The van der Waals surface area contributed by atoms with Crippen LogP contribution in [0.2, 0.25) is 10.0 Å². The predicted molar refractivity (Wildman–Crippen MR) is 131 cm³/mol. The molecule has 174 valence electrons. The van der Waals surface area contributed by atoms with Crippen molar-refractivity contribution in [1.82, 2.24) is 19.7 Å². The van der Waals surface area contributed by atoms with Crippen molar-refractivity contribution < 1.29 is 9.53 Å². The Kier molecular flexibility index (Phi) is 6.81. The third-order valence-corrected chi connectivity index (χ3v) is 6.76. The fraction of sp³-hybridized carbons (Fsp3) is 0.375. The van der Waals surface area contributed by atoms with Crippen molar-refractivity contribution >= 4 is 34.8 Å². The number of methoxy groups -OCH3 is 1. The van der Waals surface area contributed by atoms with Crippen LogP contribution in [0.4, 0.5) is 5.69 Å². The molecule has 1 aromatic carbocycles. The summed E-state index contributed by atoms with van der Waals surface area (Å²) >= 11 is 12.7. The molecule has 0 aliphatic carbocycles. The molecule has 1 atom stereocenters. The number of piperazine rings is 1. The Hall–Kier alpha value is -2.77. The maximum absolute atomic E-state index is 13.2. The summed E-state index contributed by atoms with van der Waals surface area (Å²) in [4.78, 5) is 21.8. The molecule has 0 bridgehead atoms. The van der Waals surface area contributed by atoms with Gasteiger partial charge >= 0.3 is 0 Å². The summed E-state index contributed by atoms with van der Waals surface area (Å²) in [6, 6.07) is 11.5. The SMILES string of the molecule is COc1cc(N2CCN(C(=O)Cn3nc(-c4cccc(C)n4)c(Cl)c3C)[C@@H](C)C2)ccc1Cl. The van der Waals surface area contributed by atoms with Gasteiger partial charge in [-0.2, -0.15) is 5.10 Å². The second kappa shape index (κ2) is 9.61. The number of halogens is 2. The minimum atomic E-state index is 0.0156. The molecular formula is C24H27Cl2N5O2. The van der Waals surface area contributed by atoms with Crippen LogP contribution in [0.15, 0.2) is 36.4 Å². The number of amides is 1. The van der Waals surface area contributed by atoms with Crippen LogP contribution in [-0.4, -0.2) is 58.4 Å². The van der Waals surface area contributed by atoms with E-state index in [1.807, 2.05) is 55.1 Å². The topological polar surface area (TPSA) is 63.5 Å². The van der Waals surface area contributed by atoms with E-state index in [0.29, 0.717) is 40.3 Å². The Morgan fingerprint density at radius 2 is 1.97 bits per heavy atom. The van der Waals surface area contributed by atoms with E-state index in [0.717, 1.165) is 23.6 Å². The third kappa shape index (κ3) is 4.80. The van der Waals surface area contributed by atoms with Gasteiger partial charge in [-0.1, -0.05) is 29.3 Å². The van der Waals surface area contributed by atoms with Crippen molar-refractivity contribution in [3.63, 3.8) is 0 Å². The minimum absolute atomic E-state index is 0.0156. The molecule has 7 nitrogen and oxygen atoms in total. The van der Waals surface area contributed by atoms with Crippen LogP contribution in [-0.2, 0) is 11.3 Å². The lowest BCUT2D eigenvalue weighted by Crippen LogP contribution is -2.54. The predicted octanol–water partition coefficient (Wildman–Crippen LogP) is 4.61. The second-order valence-electron chi connectivity index (χ2n) is 8.27. The van der Waals surface area contributed by atoms with Gasteiger partial charge in [0.2, 0.25) is 5.91 Å². The molecule has 1 amide bonds. The van der Waals surface area contributed by atoms with Gasteiger partial charge < -0.3 is 14.5 Å². The molecule has 1 aliphatic rings. The van der Waals surface area contributed by atoms with E-state index in [1.54, 1.807) is 11.8 Å². The largest absolute Gasteiger partial charge is 0.495 e. The van der Waals surface area contributed by atoms with Crippen molar-refractivity contribution in [3.05, 3.63) is 57.8 Å². The Bertz CT molecular complexity index is 1180. The number of aryl methyl sites for hydroxylation is 1. The summed E-state index contributed by atoms with van der Waals surface area (Å²) in [5.74, 6) is 0.659. The van der Waals surface area contributed by atoms with Gasteiger partial charge in [-0.15, -0.1) is 0 Å². The number of nitrogens with zero attached hydrogens (tertiary/aromatic N) is 5. The fourth-order valence-electron chi connectivity index (χ4n) is 4.14. The Morgan fingerprint density at radius 1 is 1.18 bits per heavy atom. The van der Waals surface area contributed by atoms with E-state index in [2.05, 4.69) is 21.9 Å². The quantitative estimate of drug-likeness (QED) is 0.525. The lowest BCUT2D eigenvalue weighted by Gasteiger charge is -2.41. The fourth-order valence-corrected chi connectivity index (χ4v) is 4.57. The molecule has 0 spiro atoms. The van der Waals surface area contributed by atoms with Gasteiger partial charge in [-0.3, -0.25) is 14.5 Å². The van der Waals surface area contributed by atoms with E-state index in [1.165, 1.54) is 0 Å². The smallest absolute Gasteiger partial charge is 0.244 e. The van der Waals surface area contributed by atoms with Gasteiger partial charge in [-0.05, 0) is 45.0 Å². The molecule has 9 heteroatoms. The Balaban J connectivity index is 1.46. The number of aromatic nitrogens is 3. The summed E-state index contributed by atoms with van der Waals surface area (Å²) in [6.45, 7) is 8.04. The number of hydrogen-bond donors (Lipinski definition) is 0. The maximum Gasteiger partial charge on any atom is 0.244 e. The highest BCUT2D eigenvalue weighted by Gasteiger charge is 2.29. The molecule has 1 saturated heterocycles. The zero-order valence-corrected chi connectivity index (χ0v) is 20.7. The number of hydrogen-bond acceptors (Lipinski definition) is 5. The van der Waals surface area contributed by atoms with Gasteiger partial charge in [0.1, 0.15) is 18.0 Å². The number of carbonyl (C=O) groups excluding carboxylic acids is 1. The van der Waals surface area contributed by atoms with Crippen LogP contribution in [0, 0.1) is 13.8 Å². The first kappa shape index (κ1) is 23.4. The Morgan fingerprint density at radius 3 is 2.67 bits per heavy atom. The normalized spacial score (nSPS) is 16.2. The third-order valence-electron chi connectivity index (χ3n) is 6.00. The molecule has 1 fully saturated rings. The number of ether oxygens (including phenoxy) is 1. The van der Waals surface area contributed by atoms with Crippen molar-refractivity contribution in [1.29, 1.82) is 0 Å². The lowest BCUT2D eigenvalue weighted by molar-refractivity contribution is -0.134. The maximum atomic E-state index is 13.2. The van der Waals surface area contributed by atoms with E-state index in [4.69, 9.17) is 27.9 Å². The molecule has 0 radical (unpaired) electrons. The summed E-state index contributed by atoms with van der Waals surface area (Å²) in [5, 5.41) is 5.71. The Labute approximate surface area is 203 Å². The average molecular weight is 488 g/mol. The molecule has 2 aromatic heterocycles. The van der Waals surface area contributed by atoms with Gasteiger partial charge in [0.25, 0.3) is 0 Å². The van der Waals surface area contributed by atoms with Gasteiger partial charge in [0, 0.05) is 43.1 Å². The zero-order chi connectivity index (χ0) is 23.7. The first-order valence-corrected chi connectivity index (χ1v) is 11.6. The van der Waals surface area contributed by atoms with Crippen molar-refractivity contribution in [2.45, 2.75) is 33.4 Å². The summed E-state index contributed by atoms with van der Waals surface area (Å²) in [7, 11) is 1.61. The average Bonchev–Trinajstić information content (AvgIpc) is 3.07. The van der Waals surface area contributed by atoms with Gasteiger partial charge in [0.15, 0.2) is 0 Å². The van der Waals surface area contributed by atoms with Crippen LogP contribution in [0.1, 0.15) is 18.3 Å². The standard InChI is InChI=1S/C24H27Cl2N5O2/c1-15-6-5-7-20(27-15)24-23(26)17(3)31(28-24)14-22(32)30-11-10-29(13-16(30)2)18-8-9-19(25)21(12-18)33-4/h5-9,12,16H,10-11,13-14H2,1-4H3/t16-/m0/s1. The number of rotatable bonds is 5. The van der Waals surface area contributed by atoms with Crippen molar-refractivity contribution in [2.75, 3.05) is 31.6 Å². The molecule has 3 aromatic rings. The van der Waals surface area contributed by atoms with Crippen LogP contribution >= 0.6 is 23.2 Å². The van der Waals surface area contributed by atoms with Gasteiger partial charge in [0.05, 0.1) is 28.5 Å². The van der Waals surface area contributed by atoms with Crippen LogP contribution in [0.3, 0.4) is 0 Å².